The van der Waals surface area contributed by atoms with Crippen molar-refractivity contribution in [3.8, 4) is 0 Å². The van der Waals surface area contributed by atoms with Gasteiger partial charge in [-0.1, -0.05) is 311 Å². The Labute approximate surface area is 477 Å². The van der Waals surface area contributed by atoms with Crippen LogP contribution in [-0.2, 0) is 28.6 Å². The minimum atomic E-state index is -0.786. The maximum Gasteiger partial charge on any atom is 0.306 e. The van der Waals surface area contributed by atoms with E-state index in [0.717, 1.165) is 122 Å². The molecule has 0 bridgehead atoms. The molecule has 0 amide bonds. The van der Waals surface area contributed by atoms with Crippen molar-refractivity contribution >= 4 is 17.9 Å². The summed E-state index contributed by atoms with van der Waals surface area (Å²) >= 11 is 0. The molecule has 6 heteroatoms. The highest BCUT2D eigenvalue weighted by Gasteiger charge is 2.19. The standard InChI is InChI=1S/C71H122O6/c1-4-7-10-13-16-19-22-25-27-29-31-32-33-34-35-36-37-38-39-40-41-43-44-46-49-52-55-58-61-64-70(73)76-67-68(66-75-69(72)63-60-57-54-51-48-24-21-18-15-12-9-6-3)77-71(74)65-62-59-56-53-50-47-45-42-30-28-26-23-20-17-14-11-8-5-2/h7,10,16,19,25,27,31-32,34-35,37-38,40-41,44,46,68H,4-6,8-9,11-15,17-18,20-24,26,28-30,33,36,39,42-43,45,47-67H2,1-3H3/b10-7-,19-16-,27-25-,32-31-,35-34-,38-37-,41-40-,46-44-. The fourth-order valence-electron chi connectivity index (χ4n) is 9.23. The van der Waals surface area contributed by atoms with Crippen molar-refractivity contribution in [2.75, 3.05) is 13.2 Å². The Bertz CT molecular complexity index is 1510. The first-order valence-corrected chi connectivity index (χ1v) is 32.7. The Balaban J connectivity index is 4.34. The quantitative estimate of drug-likeness (QED) is 0.0261. The molecule has 6 nitrogen and oxygen atoms in total. The largest absolute Gasteiger partial charge is 0.462 e. The van der Waals surface area contributed by atoms with Crippen LogP contribution in [0.1, 0.15) is 316 Å². The van der Waals surface area contributed by atoms with Crippen LogP contribution >= 0.6 is 0 Å². The van der Waals surface area contributed by atoms with Crippen molar-refractivity contribution in [2.24, 2.45) is 0 Å². The first kappa shape index (κ1) is 73.3. The number of carbonyl (C=O) groups is 3. The molecule has 1 atom stereocenters. The van der Waals surface area contributed by atoms with Crippen LogP contribution in [0, 0.1) is 0 Å². The van der Waals surface area contributed by atoms with E-state index < -0.39 is 6.10 Å². The molecule has 0 radical (unpaired) electrons. The van der Waals surface area contributed by atoms with Gasteiger partial charge in [-0.05, 0) is 83.5 Å². The van der Waals surface area contributed by atoms with Crippen LogP contribution in [0.4, 0.5) is 0 Å². The summed E-state index contributed by atoms with van der Waals surface area (Å²) in [6, 6.07) is 0. The van der Waals surface area contributed by atoms with Crippen molar-refractivity contribution in [3.63, 3.8) is 0 Å². The van der Waals surface area contributed by atoms with Crippen molar-refractivity contribution in [2.45, 2.75) is 322 Å². The van der Waals surface area contributed by atoms with Crippen LogP contribution in [0.5, 0.6) is 0 Å². The Morgan fingerprint density at radius 1 is 0.273 bits per heavy atom. The molecule has 0 heterocycles. The highest BCUT2D eigenvalue weighted by molar-refractivity contribution is 5.71. The van der Waals surface area contributed by atoms with Crippen molar-refractivity contribution in [1.82, 2.24) is 0 Å². The molecular formula is C71H122O6. The van der Waals surface area contributed by atoms with Crippen molar-refractivity contribution < 1.29 is 28.6 Å². The maximum atomic E-state index is 12.9. The van der Waals surface area contributed by atoms with Gasteiger partial charge in [0, 0.05) is 19.3 Å². The third-order valence-electron chi connectivity index (χ3n) is 14.1. The number of carbonyl (C=O) groups excluding carboxylic acids is 3. The molecule has 0 aromatic carbocycles. The SMILES string of the molecule is CC/C=C\C/C=C\C/C=C\C/C=C\C/C=C\C/C=C\C/C=C\C/C=C\CCCCCCC(=O)OCC(COC(=O)CCCCCCCCCCCCCC)OC(=O)CCCCCCCCCCCCCCCCCCCC. The Morgan fingerprint density at radius 2 is 0.506 bits per heavy atom. The summed E-state index contributed by atoms with van der Waals surface area (Å²) in [6.07, 6.45) is 87.0. The van der Waals surface area contributed by atoms with E-state index in [1.807, 2.05) is 0 Å². The smallest absolute Gasteiger partial charge is 0.306 e. The van der Waals surface area contributed by atoms with Gasteiger partial charge in [0.15, 0.2) is 6.10 Å². The number of rotatable bonds is 59. The van der Waals surface area contributed by atoms with Gasteiger partial charge in [-0.15, -0.1) is 0 Å². The summed E-state index contributed by atoms with van der Waals surface area (Å²) in [7, 11) is 0. The maximum absolute atomic E-state index is 12.9. The molecular weight excluding hydrogens is 949 g/mol. The number of esters is 3. The second kappa shape index (κ2) is 64.9. The zero-order chi connectivity index (χ0) is 55.7. The van der Waals surface area contributed by atoms with Gasteiger partial charge in [0.25, 0.3) is 0 Å². The second-order valence-electron chi connectivity index (χ2n) is 21.7. The van der Waals surface area contributed by atoms with Crippen LogP contribution in [0.25, 0.3) is 0 Å². The van der Waals surface area contributed by atoms with Gasteiger partial charge in [0.05, 0.1) is 0 Å². The molecule has 0 spiro atoms. The topological polar surface area (TPSA) is 78.9 Å². The fourth-order valence-corrected chi connectivity index (χ4v) is 9.23. The van der Waals surface area contributed by atoms with Crippen LogP contribution in [-0.4, -0.2) is 37.2 Å². The van der Waals surface area contributed by atoms with Crippen molar-refractivity contribution in [1.29, 1.82) is 0 Å². The van der Waals surface area contributed by atoms with E-state index in [0.29, 0.717) is 19.3 Å². The summed E-state index contributed by atoms with van der Waals surface area (Å²) < 4.78 is 16.9. The summed E-state index contributed by atoms with van der Waals surface area (Å²) in [4.78, 5) is 38.3. The van der Waals surface area contributed by atoms with E-state index in [1.165, 1.54) is 154 Å². The van der Waals surface area contributed by atoms with Gasteiger partial charge >= 0.3 is 17.9 Å². The molecule has 0 aliphatic carbocycles. The normalized spacial score (nSPS) is 12.7. The lowest BCUT2D eigenvalue weighted by Gasteiger charge is -2.18. The third kappa shape index (κ3) is 63.0. The Hall–Kier alpha value is -3.67. The minimum Gasteiger partial charge on any atom is -0.462 e. The molecule has 0 N–H and O–H groups in total. The molecule has 1 unspecified atom stereocenters. The van der Waals surface area contributed by atoms with Gasteiger partial charge in [-0.25, -0.2) is 0 Å². The number of hydrogen-bond donors (Lipinski definition) is 0. The number of unbranched alkanes of at least 4 members (excludes halogenated alkanes) is 32. The van der Waals surface area contributed by atoms with E-state index in [1.54, 1.807) is 0 Å². The number of hydrogen-bond acceptors (Lipinski definition) is 6. The lowest BCUT2D eigenvalue weighted by Crippen LogP contribution is -2.30. The molecule has 442 valence electrons. The van der Waals surface area contributed by atoms with E-state index in [2.05, 4.69) is 118 Å². The van der Waals surface area contributed by atoms with E-state index in [9.17, 15) is 14.4 Å². The first-order valence-electron chi connectivity index (χ1n) is 32.7. The number of allylic oxidation sites excluding steroid dienone is 16. The Morgan fingerprint density at radius 3 is 0.792 bits per heavy atom. The van der Waals surface area contributed by atoms with Crippen LogP contribution in [0.3, 0.4) is 0 Å². The van der Waals surface area contributed by atoms with Crippen LogP contribution in [0.2, 0.25) is 0 Å². The zero-order valence-electron chi connectivity index (χ0n) is 50.7. The fraction of sp³-hybridized carbons (Fsp3) is 0.732. The van der Waals surface area contributed by atoms with Crippen molar-refractivity contribution in [3.05, 3.63) is 97.2 Å². The predicted molar refractivity (Wildman–Crippen MR) is 334 cm³/mol. The van der Waals surface area contributed by atoms with Gasteiger partial charge in [-0.2, -0.15) is 0 Å². The average Bonchev–Trinajstić information content (AvgIpc) is 3.43. The van der Waals surface area contributed by atoms with E-state index >= 15 is 0 Å². The predicted octanol–water partition coefficient (Wildman–Crippen LogP) is 22.4. The monoisotopic (exact) mass is 1070 g/mol. The molecule has 0 aromatic rings. The molecule has 0 fully saturated rings. The lowest BCUT2D eigenvalue weighted by atomic mass is 10.0. The van der Waals surface area contributed by atoms with Gasteiger partial charge in [0.2, 0.25) is 0 Å². The summed E-state index contributed by atoms with van der Waals surface area (Å²) in [6.45, 7) is 6.54. The molecule has 77 heavy (non-hydrogen) atoms. The minimum absolute atomic E-state index is 0.0813. The van der Waals surface area contributed by atoms with Crippen LogP contribution in [0.15, 0.2) is 97.2 Å². The molecule has 0 saturated heterocycles. The van der Waals surface area contributed by atoms with Gasteiger partial charge in [-0.3, -0.25) is 14.4 Å². The molecule has 0 aromatic heterocycles. The highest BCUT2D eigenvalue weighted by atomic mass is 16.6. The second-order valence-corrected chi connectivity index (χ2v) is 21.7. The van der Waals surface area contributed by atoms with Gasteiger partial charge in [0.1, 0.15) is 13.2 Å². The molecule has 0 saturated carbocycles. The first-order chi connectivity index (χ1) is 38.0. The highest BCUT2D eigenvalue weighted by Crippen LogP contribution is 2.17. The van der Waals surface area contributed by atoms with E-state index in [4.69, 9.17) is 14.2 Å². The zero-order valence-corrected chi connectivity index (χ0v) is 50.7. The van der Waals surface area contributed by atoms with Crippen LogP contribution < -0.4 is 0 Å². The number of ether oxygens (including phenoxy) is 3. The summed E-state index contributed by atoms with van der Waals surface area (Å²) in [5.41, 5.74) is 0. The third-order valence-corrected chi connectivity index (χ3v) is 14.1. The Kier molecular flexibility index (Phi) is 61.8. The van der Waals surface area contributed by atoms with E-state index in [-0.39, 0.29) is 31.1 Å². The summed E-state index contributed by atoms with van der Waals surface area (Å²) in [5.74, 6) is -0.894. The average molecular weight is 1070 g/mol. The molecule has 0 rings (SSSR count). The summed E-state index contributed by atoms with van der Waals surface area (Å²) in [5, 5.41) is 0. The molecule has 0 aliphatic heterocycles. The lowest BCUT2D eigenvalue weighted by molar-refractivity contribution is -0.167. The molecule has 0 aliphatic rings. The van der Waals surface area contributed by atoms with Gasteiger partial charge < -0.3 is 14.2 Å².